The maximum atomic E-state index is 12.6. The van der Waals surface area contributed by atoms with Crippen LogP contribution in [-0.2, 0) is 15.1 Å². The molecule has 1 saturated heterocycles. The Balaban J connectivity index is 1.54. The summed E-state index contributed by atoms with van der Waals surface area (Å²) in [5.41, 5.74) is 0.0828. The van der Waals surface area contributed by atoms with Gasteiger partial charge in [-0.2, -0.15) is 0 Å². The Kier molecular flexibility index (Phi) is 7.50. The normalized spacial score (nSPS) is 19.3. The molecule has 0 saturated carbocycles. The van der Waals surface area contributed by atoms with E-state index in [1.54, 1.807) is 14.2 Å². The van der Waals surface area contributed by atoms with E-state index in [2.05, 4.69) is 0 Å². The first-order valence-corrected chi connectivity index (χ1v) is 12.9. The molecule has 1 aromatic heterocycles. The Morgan fingerprint density at radius 1 is 0.950 bits per heavy atom. The van der Waals surface area contributed by atoms with Gasteiger partial charge >= 0.3 is 5.69 Å². The first-order chi connectivity index (χ1) is 19.8. The number of aliphatic hydroxyl groups is 1. The van der Waals surface area contributed by atoms with Crippen LogP contribution in [0.3, 0.4) is 0 Å². The van der Waals surface area contributed by atoms with Crippen LogP contribution in [0.4, 0.5) is 0 Å². The molecule has 4 aromatic rings. The van der Waals surface area contributed by atoms with Gasteiger partial charge in [-0.3, -0.25) is 14.3 Å². The predicted octanol–water partition coefficient (Wildman–Crippen LogP) is 3.52. The fourth-order valence-corrected chi connectivity index (χ4v) is 5.08. The predicted molar refractivity (Wildman–Crippen MR) is 149 cm³/mol. The van der Waals surface area contributed by atoms with Crippen LogP contribution in [0.2, 0.25) is 1.41 Å². The number of aromatic nitrogens is 2. The standard InChI is InChI=1S/C31H32N2O7/c1-20-18-33(30(36)32-29(20)35)28-17-26(34)27(40-28)19-39-31(21-7-5-4-6-8-21,22-9-13-24(37-2)14-10-22)23-11-15-25(38-3)16-12-23/h4-16,18,26-28,34H,17,19H2,1-3H3,(H,32,35,36)/t26-,27+,28+/m0/s1/i/hD. The molecular weight excluding hydrogens is 512 g/mol. The Morgan fingerprint density at radius 3 is 2.05 bits per heavy atom. The van der Waals surface area contributed by atoms with Gasteiger partial charge in [0.2, 0.25) is 0 Å². The highest BCUT2D eigenvalue weighted by Crippen LogP contribution is 2.42. The average molecular weight is 546 g/mol. The summed E-state index contributed by atoms with van der Waals surface area (Å²) >= 11 is 0. The molecule has 0 radical (unpaired) electrons. The van der Waals surface area contributed by atoms with Gasteiger partial charge in [0.05, 0.1) is 26.9 Å². The average Bonchev–Trinajstić information content (AvgIpc) is 3.39. The highest BCUT2D eigenvalue weighted by Gasteiger charge is 2.42. The van der Waals surface area contributed by atoms with Crippen LogP contribution in [0, 0.1) is 6.92 Å². The molecule has 3 aromatic carbocycles. The lowest BCUT2D eigenvalue weighted by molar-refractivity contribution is -0.0944. The van der Waals surface area contributed by atoms with Crippen molar-refractivity contribution >= 4 is 0 Å². The smallest absolute Gasteiger partial charge is 0.330 e. The summed E-state index contributed by atoms with van der Waals surface area (Å²) in [4.78, 5) is 25.0. The maximum Gasteiger partial charge on any atom is 0.330 e. The van der Waals surface area contributed by atoms with E-state index in [0.717, 1.165) is 16.7 Å². The number of hydrogen-bond donors (Lipinski definition) is 2. The lowest BCUT2D eigenvalue weighted by atomic mass is 9.80. The number of H-pyrrole nitrogens is 1. The van der Waals surface area contributed by atoms with Crippen LogP contribution in [0.5, 0.6) is 11.5 Å². The Bertz CT molecular complexity index is 1550. The number of rotatable bonds is 9. The minimum atomic E-state index is -1.11. The van der Waals surface area contributed by atoms with E-state index in [9.17, 15) is 14.7 Å². The topological polar surface area (TPSA) is 112 Å². The lowest BCUT2D eigenvalue weighted by Crippen LogP contribution is -2.38. The van der Waals surface area contributed by atoms with Crippen LogP contribution >= 0.6 is 0 Å². The van der Waals surface area contributed by atoms with Crippen LogP contribution in [0.15, 0.2) is 94.6 Å². The van der Waals surface area contributed by atoms with E-state index in [0.29, 0.717) is 16.5 Å². The van der Waals surface area contributed by atoms with Crippen molar-refractivity contribution in [2.45, 2.75) is 37.4 Å². The number of nitrogens with zero attached hydrogens (tertiary/aromatic N) is 1. The van der Waals surface area contributed by atoms with E-state index in [4.69, 9.17) is 20.4 Å². The zero-order chi connectivity index (χ0) is 29.1. The molecule has 3 atom stereocenters. The summed E-state index contributed by atoms with van der Waals surface area (Å²) < 4.78 is 32.7. The van der Waals surface area contributed by atoms with Crippen molar-refractivity contribution in [3.8, 4) is 11.5 Å². The highest BCUT2D eigenvalue weighted by atomic mass is 16.6. The second-order valence-electron chi connectivity index (χ2n) is 9.67. The van der Waals surface area contributed by atoms with Crippen molar-refractivity contribution in [2.75, 3.05) is 20.8 Å². The van der Waals surface area contributed by atoms with E-state index >= 15 is 0 Å². The first kappa shape index (κ1) is 26.1. The molecule has 40 heavy (non-hydrogen) atoms. The van der Waals surface area contributed by atoms with Crippen molar-refractivity contribution in [1.29, 1.82) is 0 Å². The molecule has 5 rings (SSSR count). The van der Waals surface area contributed by atoms with Crippen molar-refractivity contribution in [3.63, 3.8) is 0 Å². The van der Waals surface area contributed by atoms with Crippen molar-refractivity contribution in [3.05, 3.63) is 128 Å². The molecule has 9 heteroatoms. The second kappa shape index (κ2) is 11.5. The fraction of sp³-hybridized carbons (Fsp3) is 0.290. The minimum absolute atomic E-state index is 0.0289. The third kappa shape index (κ3) is 5.19. The summed E-state index contributed by atoms with van der Waals surface area (Å²) in [7, 11) is 3.21. The van der Waals surface area contributed by atoms with Gasteiger partial charge < -0.3 is 24.1 Å². The van der Waals surface area contributed by atoms with Crippen molar-refractivity contribution < 1.29 is 25.5 Å². The fourth-order valence-electron chi connectivity index (χ4n) is 5.08. The monoisotopic (exact) mass is 545 g/mol. The molecule has 1 aliphatic heterocycles. The largest absolute Gasteiger partial charge is 0.497 e. The van der Waals surface area contributed by atoms with Gasteiger partial charge in [-0.25, -0.2) is 4.79 Å². The minimum Gasteiger partial charge on any atom is -0.497 e. The van der Waals surface area contributed by atoms with Gasteiger partial charge in [-0.05, 0) is 47.9 Å². The van der Waals surface area contributed by atoms with Gasteiger partial charge in [-0.15, -0.1) is 0 Å². The summed E-state index contributed by atoms with van der Waals surface area (Å²) in [6.45, 7) is 1.49. The molecule has 2 N–H and O–H groups in total. The zero-order valence-corrected chi connectivity index (χ0v) is 22.5. The Hall–Kier alpha value is -4.18. The summed E-state index contributed by atoms with van der Waals surface area (Å²) in [5.74, 6) is 1.39. The van der Waals surface area contributed by atoms with Gasteiger partial charge in [-0.1, -0.05) is 54.6 Å². The molecule has 0 aliphatic carbocycles. The molecule has 0 bridgehead atoms. The van der Waals surface area contributed by atoms with Crippen LogP contribution in [0.25, 0.3) is 0 Å². The molecule has 208 valence electrons. The third-order valence-electron chi connectivity index (χ3n) is 7.24. The Morgan fingerprint density at radius 2 is 1.50 bits per heavy atom. The molecule has 0 amide bonds. The number of aryl methyl sites for hydroxylation is 1. The molecule has 1 aliphatic rings. The molecular formula is C31H32N2O7. The molecule has 0 unspecified atom stereocenters. The third-order valence-corrected chi connectivity index (χ3v) is 7.24. The second-order valence-corrected chi connectivity index (χ2v) is 9.67. The molecule has 1 fully saturated rings. The number of hydrogen-bond acceptors (Lipinski definition) is 7. The summed E-state index contributed by atoms with van der Waals surface area (Å²) in [6, 6.07) is 24.9. The Labute approximate surface area is 233 Å². The van der Waals surface area contributed by atoms with Gasteiger partial charge in [0.25, 0.3) is 5.56 Å². The lowest BCUT2D eigenvalue weighted by Gasteiger charge is -2.37. The summed E-state index contributed by atoms with van der Waals surface area (Å²) in [6.07, 6.45) is -1.17. The number of ether oxygens (including phenoxy) is 4. The number of benzene rings is 3. The number of nitrogens with one attached hydrogen (secondary N) is 1. The van der Waals surface area contributed by atoms with E-state index in [1.807, 2.05) is 78.9 Å². The van der Waals surface area contributed by atoms with Crippen molar-refractivity contribution in [1.82, 2.24) is 9.54 Å². The number of aliphatic hydroxyl groups excluding tert-OH is 1. The van der Waals surface area contributed by atoms with Crippen molar-refractivity contribution in [2.24, 2.45) is 0 Å². The number of aromatic amines is 1. The van der Waals surface area contributed by atoms with Gasteiger partial charge in [0, 0.05) is 18.2 Å². The molecule has 2 heterocycles. The quantitative estimate of drug-likeness (QED) is 0.310. The SMILES string of the molecule is [2H]n1c(=O)c(C)cn([C@H]2C[C@H](O)[C@@H](COC(c3ccccc3)(c3ccc(OC)cc3)c3ccc(OC)cc3)O2)c1=O. The van der Waals surface area contributed by atoms with Crippen LogP contribution in [-0.4, -0.2) is 47.7 Å². The maximum absolute atomic E-state index is 12.6. The number of methoxy groups -OCH3 is 2. The van der Waals surface area contributed by atoms with E-state index in [-0.39, 0.29) is 18.6 Å². The van der Waals surface area contributed by atoms with E-state index < -0.39 is 35.3 Å². The molecule has 0 spiro atoms. The van der Waals surface area contributed by atoms with Crippen LogP contribution < -0.4 is 20.7 Å². The zero-order valence-electron chi connectivity index (χ0n) is 23.5. The highest BCUT2D eigenvalue weighted by molar-refractivity contribution is 5.49. The van der Waals surface area contributed by atoms with Crippen LogP contribution in [0.1, 0.15) is 34.9 Å². The molecule has 9 nitrogen and oxygen atoms in total. The van der Waals surface area contributed by atoms with Gasteiger partial charge in [0.1, 0.15) is 29.4 Å². The first-order valence-electron chi connectivity index (χ1n) is 13.4. The van der Waals surface area contributed by atoms with E-state index in [1.165, 1.54) is 17.7 Å². The van der Waals surface area contributed by atoms with Gasteiger partial charge in [0.15, 0.2) is 1.41 Å². The summed E-state index contributed by atoms with van der Waals surface area (Å²) in [5, 5.41) is 11.0.